The minimum atomic E-state index is -0.730. The van der Waals surface area contributed by atoms with E-state index in [0.29, 0.717) is 31.9 Å². The molecule has 182 valence electrons. The average molecular weight is 474 g/mol. The van der Waals surface area contributed by atoms with Crippen LogP contribution in [0, 0.1) is 6.92 Å². The summed E-state index contributed by atoms with van der Waals surface area (Å²) in [4.78, 5) is 42.2. The Morgan fingerprint density at radius 3 is 2.49 bits per heavy atom. The van der Waals surface area contributed by atoms with Crippen molar-refractivity contribution in [3.63, 3.8) is 0 Å². The second-order valence-electron chi connectivity index (χ2n) is 9.08. The summed E-state index contributed by atoms with van der Waals surface area (Å²) in [6.45, 7) is 5.80. The monoisotopic (exact) mass is 473 g/mol. The Labute approximate surface area is 205 Å². The molecule has 1 aromatic heterocycles. The Kier molecular flexibility index (Phi) is 7.29. The zero-order chi connectivity index (χ0) is 24.9. The summed E-state index contributed by atoms with van der Waals surface area (Å²) in [6, 6.07) is 18.6. The van der Waals surface area contributed by atoms with Crippen LogP contribution in [-0.4, -0.2) is 56.9 Å². The molecule has 1 atom stereocenters. The molecule has 0 fully saturated rings. The highest BCUT2D eigenvalue weighted by Crippen LogP contribution is 2.17. The molecule has 2 heterocycles. The van der Waals surface area contributed by atoms with E-state index in [4.69, 9.17) is 0 Å². The number of carbonyl (C=O) groups is 3. The van der Waals surface area contributed by atoms with Crippen molar-refractivity contribution in [2.45, 2.75) is 45.9 Å². The van der Waals surface area contributed by atoms with E-state index >= 15 is 0 Å². The molecule has 0 radical (unpaired) electrons. The van der Waals surface area contributed by atoms with Crippen LogP contribution in [0.1, 0.15) is 51.0 Å². The lowest BCUT2D eigenvalue weighted by molar-refractivity contribution is -0.132. The van der Waals surface area contributed by atoms with E-state index in [1.54, 1.807) is 28.5 Å². The highest BCUT2D eigenvalue weighted by molar-refractivity contribution is 5.99. The molecule has 0 bridgehead atoms. The van der Waals surface area contributed by atoms with E-state index in [9.17, 15) is 14.4 Å². The second kappa shape index (κ2) is 10.5. The van der Waals surface area contributed by atoms with Crippen molar-refractivity contribution in [2.75, 3.05) is 13.6 Å². The summed E-state index contributed by atoms with van der Waals surface area (Å²) >= 11 is 0. The molecular weight excluding hydrogens is 442 g/mol. The smallest absolute Gasteiger partial charge is 0.272 e. The zero-order valence-corrected chi connectivity index (χ0v) is 20.4. The number of hydrogen-bond donors (Lipinski definition) is 1. The van der Waals surface area contributed by atoms with Gasteiger partial charge in [0.2, 0.25) is 5.91 Å². The second-order valence-corrected chi connectivity index (χ2v) is 9.08. The van der Waals surface area contributed by atoms with E-state index in [-0.39, 0.29) is 17.5 Å². The highest BCUT2D eigenvalue weighted by Gasteiger charge is 2.28. The maximum atomic E-state index is 13.2. The van der Waals surface area contributed by atoms with Gasteiger partial charge in [0.25, 0.3) is 11.8 Å². The van der Waals surface area contributed by atoms with Crippen LogP contribution in [0.2, 0.25) is 0 Å². The van der Waals surface area contributed by atoms with Crippen LogP contribution in [-0.2, 0) is 24.4 Å². The number of hydrogen-bond acceptors (Lipinski definition) is 4. The molecule has 1 unspecified atom stereocenters. The lowest BCUT2D eigenvalue weighted by Gasteiger charge is -2.22. The van der Waals surface area contributed by atoms with Crippen molar-refractivity contribution in [1.82, 2.24) is 24.9 Å². The maximum absolute atomic E-state index is 13.2. The Morgan fingerprint density at radius 2 is 1.77 bits per heavy atom. The van der Waals surface area contributed by atoms with Gasteiger partial charge in [-0.3, -0.25) is 19.1 Å². The third-order valence-corrected chi connectivity index (χ3v) is 6.17. The van der Waals surface area contributed by atoms with E-state index < -0.39 is 11.9 Å². The number of nitrogens with zero attached hydrogens (tertiary/aromatic N) is 4. The summed E-state index contributed by atoms with van der Waals surface area (Å²) in [7, 11) is 1.71. The summed E-state index contributed by atoms with van der Waals surface area (Å²) in [6.07, 6.45) is 0.743. The molecule has 0 aliphatic carbocycles. The number of aromatic nitrogens is 2. The molecule has 35 heavy (non-hydrogen) atoms. The van der Waals surface area contributed by atoms with Gasteiger partial charge in [-0.2, -0.15) is 5.10 Å². The van der Waals surface area contributed by atoms with Gasteiger partial charge in [0, 0.05) is 39.3 Å². The Balaban J connectivity index is 1.41. The van der Waals surface area contributed by atoms with Gasteiger partial charge in [-0.15, -0.1) is 0 Å². The summed E-state index contributed by atoms with van der Waals surface area (Å²) < 4.78 is 1.60. The maximum Gasteiger partial charge on any atom is 0.272 e. The van der Waals surface area contributed by atoms with Crippen LogP contribution in [0.5, 0.6) is 0 Å². The SMILES string of the molecule is Cc1ccc(CN2CCCn3nc(C(=O)NC(C)C(=O)N(C)Cc4ccccc4)cc3C2=O)cc1. The Hall–Kier alpha value is -3.94. The molecule has 2 aromatic carbocycles. The number of likely N-dealkylation sites (N-methyl/N-ethyl adjacent to an activating group) is 1. The van der Waals surface area contributed by atoms with Crippen LogP contribution >= 0.6 is 0 Å². The van der Waals surface area contributed by atoms with Crippen molar-refractivity contribution in [2.24, 2.45) is 0 Å². The molecule has 0 saturated carbocycles. The topological polar surface area (TPSA) is 87.5 Å². The van der Waals surface area contributed by atoms with Crippen LogP contribution in [0.15, 0.2) is 60.7 Å². The van der Waals surface area contributed by atoms with Gasteiger partial charge >= 0.3 is 0 Å². The predicted molar refractivity (Wildman–Crippen MR) is 133 cm³/mol. The lowest BCUT2D eigenvalue weighted by atomic mass is 10.1. The Bertz CT molecular complexity index is 1200. The molecule has 3 aromatic rings. The quantitative estimate of drug-likeness (QED) is 0.572. The molecule has 0 spiro atoms. The molecule has 1 aliphatic heterocycles. The number of aryl methyl sites for hydroxylation is 2. The molecule has 3 amide bonds. The van der Waals surface area contributed by atoms with Crippen molar-refractivity contribution >= 4 is 17.7 Å². The summed E-state index contributed by atoms with van der Waals surface area (Å²) in [5.74, 6) is -0.831. The minimum absolute atomic E-state index is 0.135. The number of nitrogens with one attached hydrogen (secondary N) is 1. The first-order valence-corrected chi connectivity index (χ1v) is 11.8. The fourth-order valence-corrected chi connectivity index (χ4v) is 4.21. The average Bonchev–Trinajstić information content (AvgIpc) is 3.23. The van der Waals surface area contributed by atoms with Crippen LogP contribution < -0.4 is 5.32 Å². The van der Waals surface area contributed by atoms with Crippen LogP contribution in [0.3, 0.4) is 0 Å². The summed E-state index contributed by atoms with van der Waals surface area (Å²) in [5.41, 5.74) is 3.76. The van der Waals surface area contributed by atoms with Crippen LogP contribution in [0.25, 0.3) is 0 Å². The van der Waals surface area contributed by atoms with Gasteiger partial charge in [-0.05, 0) is 31.4 Å². The standard InChI is InChI=1S/C27H31N5O3/c1-19-10-12-22(13-11-19)18-31-14-7-15-32-24(27(31)35)16-23(29-32)25(33)28-20(2)26(34)30(3)17-21-8-5-4-6-9-21/h4-6,8-13,16,20H,7,14-15,17-18H2,1-3H3,(H,28,33). The first kappa shape index (κ1) is 24.2. The van der Waals surface area contributed by atoms with E-state index in [1.165, 1.54) is 11.6 Å². The first-order valence-electron chi connectivity index (χ1n) is 11.8. The number of amides is 3. The number of benzene rings is 2. The highest BCUT2D eigenvalue weighted by atomic mass is 16.2. The minimum Gasteiger partial charge on any atom is -0.340 e. The third kappa shape index (κ3) is 5.77. The van der Waals surface area contributed by atoms with E-state index in [1.807, 2.05) is 61.5 Å². The Morgan fingerprint density at radius 1 is 1.06 bits per heavy atom. The zero-order valence-electron chi connectivity index (χ0n) is 20.4. The number of carbonyl (C=O) groups excluding carboxylic acids is 3. The lowest BCUT2D eigenvalue weighted by Crippen LogP contribution is -2.45. The third-order valence-electron chi connectivity index (χ3n) is 6.17. The van der Waals surface area contributed by atoms with Crippen molar-refractivity contribution in [3.8, 4) is 0 Å². The van der Waals surface area contributed by atoms with Crippen molar-refractivity contribution < 1.29 is 14.4 Å². The largest absolute Gasteiger partial charge is 0.340 e. The van der Waals surface area contributed by atoms with E-state index in [2.05, 4.69) is 10.4 Å². The van der Waals surface area contributed by atoms with Gasteiger partial charge in [-0.25, -0.2) is 0 Å². The van der Waals surface area contributed by atoms with Gasteiger partial charge in [0.1, 0.15) is 11.7 Å². The molecule has 1 aliphatic rings. The molecule has 1 N–H and O–H groups in total. The molecular formula is C27H31N5O3. The van der Waals surface area contributed by atoms with Gasteiger partial charge in [0.05, 0.1) is 0 Å². The van der Waals surface area contributed by atoms with E-state index in [0.717, 1.165) is 17.5 Å². The molecule has 8 nitrogen and oxygen atoms in total. The van der Waals surface area contributed by atoms with Crippen LogP contribution in [0.4, 0.5) is 0 Å². The number of rotatable bonds is 7. The fraction of sp³-hybridized carbons (Fsp3) is 0.333. The van der Waals surface area contributed by atoms with Gasteiger partial charge in [0.15, 0.2) is 5.69 Å². The summed E-state index contributed by atoms with van der Waals surface area (Å²) in [5, 5.41) is 7.10. The van der Waals surface area contributed by atoms with Gasteiger partial charge < -0.3 is 15.1 Å². The van der Waals surface area contributed by atoms with Crippen molar-refractivity contribution in [1.29, 1.82) is 0 Å². The molecule has 4 rings (SSSR count). The normalized spacial score (nSPS) is 14.1. The van der Waals surface area contributed by atoms with Crippen molar-refractivity contribution in [3.05, 3.63) is 88.7 Å². The molecule has 8 heteroatoms. The predicted octanol–water partition coefficient (Wildman–Crippen LogP) is 3.01. The fourth-order valence-electron chi connectivity index (χ4n) is 4.21. The van der Waals surface area contributed by atoms with Gasteiger partial charge in [-0.1, -0.05) is 60.2 Å². The molecule has 0 saturated heterocycles. The first-order chi connectivity index (χ1) is 16.8. The number of fused-ring (bicyclic) bond motifs is 1.